The first-order valence-electron chi connectivity index (χ1n) is 9.98. The minimum atomic E-state index is -4.43. The zero-order valence-electron chi connectivity index (χ0n) is 17.2. The van der Waals surface area contributed by atoms with Crippen LogP contribution in [0.3, 0.4) is 0 Å². The maximum Gasteiger partial charge on any atom is 0.406 e. The van der Waals surface area contributed by atoms with E-state index in [4.69, 9.17) is 0 Å². The molecule has 1 N–H and O–H groups in total. The van der Waals surface area contributed by atoms with Gasteiger partial charge in [-0.25, -0.2) is 4.79 Å². The average molecular weight is 433 g/mol. The van der Waals surface area contributed by atoms with Crippen molar-refractivity contribution in [2.24, 2.45) is 0 Å². The van der Waals surface area contributed by atoms with Crippen LogP contribution in [-0.4, -0.2) is 45.4 Å². The standard InChI is InChI=1S/C22H22F3N3O3/c1-13-9-17(14(2)28(13)12-22(23,24)25)18(29)11-27-19(30)21(26-20(27)31)8-7-15-5-3-4-6-16(15)10-21/h3-6,9H,7-8,10-12H2,1-2H3,(H,26,31)/t21-/m1/s1. The fourth-order valence-electron chi connectivity index (χ4n) is 4.58. The number of aryl methyl sites for hydroxylation is 2. The number of fused-ring (bicyclic) bond motifs is 1. The molecule has 0 radical (unpaired) electrons. The summed E-state index contributed by atoms with van der Waals surface area (Å²) in [5.41, 5.74) is 1.55. The number of nitrogens with one attached hydrogen (secondary N) is 1. The van der Waals surface area contributed by atoms with Crippen LogP contribution in [-0.2, 0) is 24.2 Å². The quantitative estimate of drug-likeness (QED) is 0.594. The summed E-state index contributed by atoms with van der Waals surface area (Å²) >= 11 is 0. The molecule has 0 saturated carbocycles. The summed E-state index contributed by atoms with van der Waals surface area (Å²) in [5, 5.41) is 2.76. The predicted molar refractivity (Wildman–Crippen MR) is 106 cm³/mol. The van der Waals surface area contributed by atoms with Gasteiger partial charge in [0.2, 0.25) is 0 Å². The van der Waals surface area contributed by atoms with Crippen LogP contribution in [0.4, 0.5) is 18.0 Å². The lowest BCUT2D eigenvalue weighted by molar-refractivity contribution is -0.141. The van der Waals surface area contributed by atoms with E-state index in [2.05, 4.69) is 5.32 Å². The molecular formula is C22H22F3N3O3. The van der Waals surface area contributed by atoms with Crippen molar-refractivity contribution >= 4 is 17.7 Å². The summed E-state index contributed by atoms with van der Waals surface area (Å²) in [6.07, 6.45) is -3.02. The maximum absolute atomic E-state index is 13.2. The van der Waals surface area contributed by atoms with Crippen molar-refractivity contribution in [1.29, 1.82) is 0 Å². The minimum absolute atomic E-state index is 0.0808. The Hall–Kier alpha value is -3.10. The van der Waals surface area contributed by atoms with Crippen molar-refractivity contribution in [3.8, 4) is 0 Å². The van der Waals surface area contributed by atoms with Gasteiger partial charge >= 0.3 is 12.2 Å². The molecule has 2 aromatic rings. The molecule has 3 amide bonds. The molecule has 1 atom stereocenters. The Labute approximate surface area is 177 Å². The number of nitrogens with zero attached hydrogens (tertiary/aromatic N) is 2. The zero-order valence-corrected chi connectivity index (χ0v) is 17.2. The van der Waals surface area contributed by atoms with Crippen LogP contribution >= 0.6 is 0 Å². The van der Waals surface area contributed by atoms with Gasteiger partial charge in [-0.05, 0) is 43.9 Å². The highest BCUT2D eigenvalue weighted by Crippen LogP contribution is 2.34. The number of amides is 3. The van der Waals surface area contributed by atoms with Crippen LogP contribution in [0.15, 0.2) is 30.3 Å². The van der Waals surface area contributed by atoms with Crippen LogP contribution in [0.1, 0.15) is 39.3 Å². The first-order chi connectivity index (χ1) is 14.5. The van der Waals surface area contributed by atoms with E-state index in [0.717, 1.165) is 20.6 Å². The Morgan fingerprint density at radius 1 is 1.16 bits per heavy atom. The Bertz CT molecular complexity index is 1090. The van der Waals surface area contributed by atoms with Gasteiger partial charge in [-0.1, -0.05) is 24.3 Å². The SMILES string of the molecule is Cc1cc(C(=O)CN2C(=O)N[C@@]3(CCc4ccccc4C3)C2=O)c(C)n1CC(F)(F)F. The monoisotopic (exact) mass is 433 g/mol. The van der Waals surface area contributed by atoms with Crippen molar-refractivity contribution in [3.63, 3.8) is 0 Å². The highest BCUT2D eigenvalue weighted by Gasteiger charge is 2.52. The lowest BCUT2D eigenvalue weighted by Crippen LogP contribution is -2.51. The van der Waals surface area contributed by atoms with Gasteiger partial charge in [0, 0.05) is 23.4 Å². The first kappa shape index (κ1) is 21.1. The number of Topliss-reactive ketones (excluding diaryl/α,β-unsaturated/α-hetero) is 1. The third-order valence-electron chi connectivity index (χ3n) is 6.19. The Morgan fingerprint density at radius 2 is 1.84 bits per heavy atom. The number of hydrogen-bond acceptors (Lipinski definition) is 3. The van der Waals surface area contributed by atoms with Gasteiger partial charge in [-0.3, -0.25) is 14.5 Å². The van der Waals surface area contributed by atoms with Gasteiger partial charge in [-0.15, -0.1) is 0 Å². The van der Waals surface area contributed by atoms with E-state index in [0.29, 0.717) is 19.3 Å². The maximum atomic E-state index is 13.2. The van der Waals surface area contributed by atoms with Gasteiger partial charge < -0.3 is 9.88 Å². The second-order valence-corrected chi connectivity index (χ2v) is 8.26. The highest BCUT2D eigenvalue weighted by molar-refractivity contribution is 6.11. The number of halogens is 3. The van der Waals surface area contributed by atoms with Gasteiger partial charge in [0.1, 0.15) is 12.1 Å². The number of rotatable bonds is 4. The van der Waals surface area contributed by atoms with Crippen molar-refractivity contribution in [3.05, 3.63) is 58.4 Å². The summed E-state index contributed by atoms with van der Waals surface area (Å²) in [6, 6.07) is 8.42. The average Bonchev–Trinajstić information content (AvgIpc) is 3.09. The highest BCUT2D eigenvalue weighted by atomic mass is 19.4. The number of urea groups is 1. The second kappa shape index (κ2) is 7.25. The number of alkyl halides is 3. The van der Waals surface area contributed by atoms with E-state index in [1.165, 1.54) is 19.9 Å². The molecule has 1 saturated heterocycles. The second-order valence-electron chi connectivity index (χ2n) is 8.26. The predicted octanol–water partition coefficient (Wildman–Crippen LogP) is 3.33. The van der Waals surface area contributed by atoms with Gasteiger partial charge in [-0.2, -0.15) is 13.2 Å². The van der Waals surface area contributed by atoms with E-state index < -0.39 is 42.5 Å². The van der Waals surface area contributed by atoms with Crippen LogP contribution in [0.25, 0.3) is 0 Å². The number of benzene rings is 1. The fraction of sp³-hybridized carbons (Fsp3) is 0.409. The number of imide groups is 1. The van der Waals surface area contributed by atoms with E-state index in [9.17, 15) is 27.6 Å². The van der Waals surface area contributed by atoms with Crippen molar-refractivity contribution in [2.45, 2.75) is 51.4 Å². The molecule has 0 unspecified atom stereocenters. The fourth-order valence-corrected chi connectivity index (χ4v) is 4.58. The number of carbonyl (C=O) groups is 3. The Balaban J connectivity index is 1.54. The van der Waals surface area contributed by atoms with E-state index >= 15 is 0 Å². The molecule has 2 heterocycles. The van der Waals surface area contributed by atoms with Gasteiger partial charge in [0.05, 0.1) is 6.54 Å². The van der Waals surface area contributed by atoms with Crippen molar-refractivity contribution < 1.29 is 27.6 Å². The molecule has 1 aromatic carbocycles. The van der Waals surface area contributed by atoms with Crippen molar-refractivity contribution in [1.82, 2.24) is 14.8 Å². The number of carbonyl (C=O) groups excluding carboxylic acids is 3. The largest absolute Gasteiger partial charge is 0.406 e. The Kier molecular flexibility index (Phi) is 4.94. The summed E-state index contributed by atoms with van der Waals surface area (Å²) in [7, 11) is 0. The third kappa shape index (κ3) is 3.73. The molecule has 6 nitrogen and oxygen atoms in total. The topological polar surface area (TPSA) is 71.4 Å². The van der Waals surface area contributed by atoms with Gasteiger partial charge in [0.25, 0.3) is 5.91 Å². The number of ketones is 1. The van der Waals surface area contributed by atoms with Crippen molar-refractivity contribution in [2.75, 3.05) is 6.54 Å². The zero-order chi connectivity index (χ0) is 22.6. The van der Waals surface area contributed by atoms with E-state index in [1.807, 2.05) is 24.3 Å². The molecule has 1 spiro atoms. The number of aromatic nitrogens is 1. The third-order valence-corrected chi connectivity index (χ3v) is 6.19. The molecule has 1 fully saturated rings. The van der Waals surface area contributed by atoms with Gasteiger partial charge in [0.15, 0.2) is 5.78 Å². The summed E-state index contributed by atoms with van der Waals surface area (Å²) in [4.78, 5) is 39.4. The molecule has 1 aliphatic carbocycles. The van der Waals surface area contributed by atoms with Crippen LogP contribution in [0.5, 0.6) is 0 Å². The van der Waals surface area contributed by atoms with Crippen LogP contribution in [0, 0.1) is 13.8 Å². The molecule has 1 aromatic heterocycles. The molecule has 4 rings (SSSR count). The van der Waals surface area contributed by atoms with Crippen LogP contribution < -0.4 is 5.32 Å². The molecular weight excluding hydrogens is 411 g/mol. The summed E-state index contributed by atoms with van der Waals surface area (Å²) in [5.74, 6) is -1.04. The molecule has 1 aliphatic heterocycles. The normalized spacial score (nSPS) is 20.9. The van der Waals surface area contributed by atoms with E-state index in [1.54, 1.807) is 0 Å². The minimum Gasteiger partial charge on any atom is -0.339 e. The molecule has 9 heteroatoms. The molecule has 164 valence electrons. The summed E-state index contributed by atoms with van der Waals surface area (Å²) in [6.45, 7) is 1.20. The van der Waals surface area contributed by atoms with E-state index in [-0.39, 0.29) is 17.0 Å². The van der Waals surface area contributed by atoms with Crippen LogP contribution in [0.2, 0.25) is 0 Å². The Morgan fingerprint density at radius 3 is 2.52 bits per heavy atom. The molecule has 2 aliphatic rings. The first-order valence-corrected chi connectivity index (χ1v) is 9.98. The lowest BCUT2D eigenvalue weighted by Gasteiger charge is -2.32. The smallest absolute Gasteiger partial charge is 0.339 e. The molecule has 31 heavy (non-hydrogen) atoms. The molecule has 0 bridgehead atoms. The lowest BCUT2D eigenvalue weighted by atomic mass is 9.78. The summed E-state index contributed by atoms with van der Waals surface area (Å²) < 4.78 is 39.5. The number of hydrogen-bond donors (Lipinski definition) is 1.